The van der Waals surface area contributed by atoms with Crippen LogP contribution in [0.2, 0.25) is 0 Å². The number of hydrogen-bond donors (Lipinski definition) is 0. The van der Waals surface area contributed by atoms with Gasteiger partial charge in [-0.1, -0.05) is 0 Å². The lowest BCUT2D eigenvalue weighted by molar-refractivity contribution is 0.186. The van der Waals surface area contributed by atoms with E-state index in [0.717, 1.165) is 30.0 Å². The molecule has 2 aliphatic rings. The lowest BCUT2D eigenvalue weighted by Crippen LogP contribution is -2.32. The van der Waals surface area contributed by atoms with E-state index in [1.165, 1.54) is 19.3 Å². The van der Waals surface area contributed by atoms with Gasteiger partial charge < -0.3 is 9.64 Å². The van der Waals surface area contributed by atoms with E-state index >= 15 is 0 Å². The summed E-state index contributed by atoms with van der Waals surface area (Å²) in [5, 5.41) is 0. The first kappa shape index (κ1) is 11.4. The number of nitrogens with zero attached hydrogens (tertiary/aromatic N) is 3. The number of anilines is 1. The normalized spacial score (nSPS) is 23.9. The Morgan fingerprint density at radius 1 is 1.41 bits per heavy atom. The summed E-state index contributed by atoms with van der Waals surface area (Å²) in [6, 6.07) is 0.668. The summed E-state index contributed by atoms with van der Waals surface area (Å²) in [6.07, 6.45) is 7.18. The van der Waals surface area contributed by atoms with E-state index < -0.39 is 0 Å². The number of hydrogen-bond acceptors (Lipinski definition) is 4. The molecule has 0 N–H and O–H groups in total. The van der Waals surface area contributed by atoms with Gasteiger partial charge in [-0.15, -0.1) is 0 Å². The summed E-state index contributed by atoms with van der Waals surface area (Å²) in [5.41, 5.74) is 0. The third-order valence-electron chi connectivity index (χ3n) is 3.39. The molecule has 0 aromatic carbocycles. The van der Waals surface area contributed by atoms with Crippen molar-refractivity contribution in [1.29, 1.82) is 0 Å². The molecular formula is C12H16BrN3O. The van der Waals surface area contributed by atoms with Gasteiger partial charge in [-0.3, -0.25) is 0 Å². The van der Waals surface area contributed by atoms with Crippen molar-refractivity contribution in [3.05, 3.63) is 17.0 Å². The van der Waals surface area contributed by atoms with Crippen molar-refractivity contribution in [2.45, 2.75) is 25.3 Å². The predicted molar refractivity (Wildman–Crippen MR) is 69.0 cm³/mol. The molecule has 1 atom stereocenters. The number of halogens is 1. The fourth-order valence-corrected chi connectivity index (χ4v) is 2.77. The summed E-state index contributed by atoms with van der Waals surface area (Å²) < 4.78 is 6.44. The van der Waals surface area contributed by atoms with Crippen molar-refractivity contribution < 1.29 is 4.74 Å². The van der Waals surface area contributed by atoms with E-state index in [9.17, 15) is 0 Å². The molecule has 2 fully saturated rings. The fraction of sp³-hybridized carbons (Fsp3) is 0.667. The molecule has 1 saturated heterocycles. The first-order valence-corrected chi connectivity index (χ1v) is 6.94. The highest BCUT2D eigenvalue weighted by Gasteiger charge is 2.33. The van der Waals surface area contributed by atoms with E-state index in [4.69, 9.17) is 4.74 Å². The van der Waals surface area contributed by atoms with E-state index in [1.54, 1.807) is 6.33 Å². The third-order valence-corrected chi connectivity index (χ3v) is 3.95. The maximum absolute atomic E-state index is 5.45. The van der Waals surface area contributed by atoms with Crippen molar-refractivity contribution in [1.82, 2.24) is 9.97 Å². The lowest BCUT2D eigenvalue weighted by Gasteiger charge is -2.26. The first-order valence-electron chi connectivity index (χ1n) is 6.14. The Kier molecular flexibility index (Phi) is 3.29. The average Bonchev–Trinajstić information content (AvgIpc) is 3.05. The molecule has 0 amide bonds. The second kappa shape index (κ2) is 4.90. The predicted octanol–water partition coefficient (Wildman–Crippen LogP) is 2.24. The Balaban J connectivity index is 1.77. The zero-order valence-corrected chi connectivity index (χ0v) is 11.3. The maximum Gasteiger partial charge on any atom is 0.146 e. The van der Waals surface area contributed by atoms with Gasteiger partial charge in [-0.25, -0.2) is 9.97 Å². The first-order chi connectivity index (χ1) is 8.34. The van der Waals surface area contributed by atoms with Crippen LogP contribution in [0.5, 0.6) is 0 Å². The Morgan fingerprint density at radius 2 is 2.29 bits per heavy atom. The minimum absolute atomic E-state index is 0.650. The molecule has 4 nitrogen and oxygen atoms in total. The Labute approximate surface area is 110 Å². The Bertz CT molecular complexity index is 391. The molecule has 1 unspecified atom stereocenters. The van der Waals surface area contributed by atoms with Crippen LogP contribution in [0.25, 0.3) is 0 Å². The van der Waals surface area contributed by atoms with Crippen LogP contribution < -0.4 is 4.90 Å². The van der Waals surface area contributed by atoms with Crippen molar-refractivity contribution in [2.24, 2.45) is 5.92 Å². The topological polar surface area (TPSA) is 38.2 Å². The van der Waals surface area contributed by atoms with Crippen molar-refractivity contribution in [2.75, 3.05) is 24.7 Å². The average molecular weight is 298 g/mol. The summed E-state index contributed by atoms with van der Waals surface area (Å²) in [6.45, 7) is 2.86. The standard InChI is InChI=1S/C12H16BrN3O/c13-11-5-14-8-15-12(11)16(10-1-2-10)6-9-3-4-17-7-9/h5,8-10H,1-4,6-7H2. The minimum Gasteiger partial charge on any atom is -0.381 e. The van der Waals surface area contributed by atoms with Crippen LogP contribution in [0.15, 0.2) is 17.0 Å². The van der Waals surface area contributed by atoms with E-state index in [0.29, 0.717) is 12.0 Å². The van der Waals surface area contributed by atoms with Gasteiger partial charge in [0.2, 0.25) is 0 Å². The fourth-order valence-electron chi connectivity index (χ4n) is 2.32. The SMILES string of the molecule is Brc1cncnc1N(CC1CCOC1)C1CC1. The molecule has 92 valence electrons. The van der Waals surface area contributed by atoms with Gasteiger partial charge in [0.25, 0.3) is 0 Å². The zero-order chi connectivity index (χ0) is 11.7. The summed E-state index contributed by atoms with van der Waals surface area (Å²) in [5.74, 6) is 1.69. The smallest absolute Gasteiger partial charge is 0.146 e. The molecule has 1 saturated carbocycles. The second-order valence-electron chi connectivity index (χ2n) is 4.81. The van der Waals surface area contributed by atoms with Crippen LogP contribution in [-0.4, -0.2) is 35.8 Å². The van der Waals surface area contributed by atoms with Crippen LogP contribution >= 0.6 is 15.9 Å². The molecule has 2 heterocycles. The summed E-state index contributed by atoms with van der Waals surface area (Å²) in [4.78, 5) is 10.9. The van der Waals surface area contributed by atoms with Gasteiger partial charge in [0.15, 0.2) is 0 Å². The number of aromatic nitrogens is 2. The molecule has 17 heavy (non-hydrogen) atoms. The van der Waals surface area contributed by atoms with Crippen LogP contribution in [0.4, 0.5) is 5.82 Å². The van der Waals surface area contributed by atoms with Crippen LogP contribution in [0.1, 0.15) is 19.3 Å². The third kappa shape index (κ3) is 2.60. The molecule has 0 radical (unpaired) electrons. The van der Waals surface area contributed by atoms with Crippen LogP contribution in [-0.2, 0) is 4.74 Å². The minimum atomic E-state index is 0.650. The summed E-state index contributed by atoms with van der Waals surface area (Å²) in [7, 11) is 0. The van der Waals surface area contributed by atoms with Gasteiger partial charge in [0.1, 0.15) is 12.1 Å². The molecule has 1 aromatic heterocycles. The molecule has 5 heteroatoms. The summed E-state index contributed by atoms with van der Waals surface area (Å²) >= 11 is 3.54. The molecule has 0 bridgehead atoms. The number of rotatable bonds is 4. The van der Waals surface area contributed by atoms with Gasteiger partial charge >= 0.3 is 0 Å². The quantitative estimate of drug-likeness (QED) is 0.854. The molecule has 1 aliphatic heterocycles. The Morgan fingerprint density at radius 3 is 2.94 bits per heavy atom. The van der Waals surface area contributed by atoms with E-state index in [2.05, 4.69) is 30.8 Å². The van der Waals surface area contributed by atoms with E-state index in [-0.39, 0.29) is 0 Å². The maximum atomic E-state index is 5.45. The van der Waals surface area contributed by atoms with Gasteiger partial charge in [-0.05, 0) is 35.2 Å². The highest BCUT2D eigenvalue weighted by atomic mass is 79.9. The lowest BCUT2D eigenvalue weighted by atomic mass is 10.1. The van der Waals surface area contributed by atoms with Gasteiger partial charge in [0, 0.05) is 31.3 Å². The highest BCUT2D eigenvalue weighted by Crippen LogP contribution is 2.35. The van der Waals surface area contributed by atoms with Crippen LogP contribution in [0.3, 0.4) is 0 Å². The molecular weight excluding hydrogens is 282 g/mol. The van der Waals surface area contributed by atoms with E-state index in [1.807, 2.05) is 6.20 Å². The number of ether oxygens (including phenoxy) is 1. The zero-order valence-electron chi connectivity index (χ0n) is 9.68. The largest absolute Gasteiger partial charge is 0.381 e. The Hall–Kier alpha value is -0.680. The molecule has 1 aromatic rings. The highest BCUT2D eigenvalue weighted by molar-refractivity contribution is 9.10. The van der Waals surface area contributed by atoms with Gasteiger partial charge in [0.05, 0.1) is 11.1 Å². The van der Waals surface area contributed by atoms with Crippen molar-refractivity contribution in [3.8, 4) is 0 Å². The second-order valence-corrected chi connectivity index (χ2v) is 5.66. The van der Waals surface area contributed by atoms with Gasteiger partial charge in [-0.2, -0.15) is 0 Å². The molecule has 0 spiro atoms. The van der Waals surface area contributed by atoms with Crippen LogP contribution in [0, 0.1) is 5.92 Å². The monoisotopic (exact) mass is 297 g/mol. The molecule has 3 rings (SSSR count). The van der Waals surface area contributed by atoms with Crippen molar-refractivity contribution in [3.63, 3.8) is 0 Å². The molecule has 1 aliphatic carbocycles. The van der Waals surface area contributed by atoms with Crippen molar-refractivity contribution >= 4 is 21.7 Å².